The van der Waals surface area contributed by atoms with Crippen LogP contribution in [0, 0.1) is 5.92 Å². The van der Waals surface area contributed by atoms with Crippen molar-refractivity contribution < 1.29 is 9.53 Å². The fourth-order valence-corrected chi connectivity index (χ4v) is 3.65. The minimum absolute atomic E-state index is 0.0149. The topological polar surface area (TPSA) is 29.5 Å². The first kappa shape index (κ1) is 12.7. The van der Waals surface area contributed by atoms with Crippen LogP contribution < -0.4 is 0 Å². The molecule has 2 aliphatic rings. The molecule has 0 aromatic heterocycles. The van der Waals surface area contributed by atoms with Crippen LogP contribution in [0.3, 0.4) is 0 Å². The Hall–Kier alpha value is -1.35. The van der Waals surface area contributed by atoms with Crippen molar-refractivity contribution in [2.75, 3.05) is 6.61 Å². The van der Waals surface area contributed by atoms with Gasteiger partial charge in [0.15, 0.2) is 0 Å². The molecule has 3 atom stereocenters. The maximum absolute atomic E-state index is 12.2. The second-order valence-corrected chi connectivity index (χ2v) is 5.58. The van der Waals surface area contributed by atoms with Gasteiger partial charge in [-0.3, -0.25) is 9.69 Å². The number of carbonyl (C=O) groups excluding carboxylic acids is 1. The number of hydrogen-bond acceptors (Lipinski definition) is 3. The van der Waals surface area contributed by atoms with E-state index in [1.54, 1.807) is 0 Å². The van der Waals surface area contributed by atoms with Gasteiger partial charge in [-0.05, 0) is 37.7 Å². The fourth-order valence-electron chi connectivity index (χ4n) is 3.65. The number of benzene rings is 1. The maximum atomic E-state index is 12.2. The van der Waals surface area contributed by atoms with E-state index in [-0.39, 0.29) is 12.0 Å². The zero-order valence-electron chi connectivity index (χ0n) is 11.4. The van der Waals surface area contributed by atoms with Crippen LogP contribution in [-0.2, 0) is 16.1 Å². The molecule has 102 valence electrons. The lowest BCUT2D eigenvalue weighted by Gasteiger charge is -2.33. The van der Waals surface area contributed by atoms with Crippen molar-refractivity contribution in [1.29, 1.82) is 0 Å². The van der Waals surface area contributed by atoms with Gasteiger partial charge >= 0.3 is 5.97 Å². The molecule has 3 heteroatoms. The van der Waals surface area contributed by atoms with Crippen molar-refractivity contribution in [3.8, 4) is 0 Å². The van der Waals surface area contributed by atoms with Crippen LogP contribution in [0.1, 0.15) is 31.7 Å². The Morgan fingerprint density at radius 2 is 2.11 bits per heavy atom. The molecule has 1 saturated heterocycles. The summed E-state index contributed by atoms with van der Waals surface area (Å²) in [5.41, 5.74) is 1.28. The summed E-state index contributed by atoms with van der Waals surface area (Å²) in [5.74, 6) is 0.485. The highest BCUT2D eigenvalue weighted by atomic mass is 16.5. The fraction of sp³-hybridized carbons (Fsp3) is 0.562. The first-order valence-corrected chi connectivity index (χ1v) is 7.26. The largest absolute Gasteiger partial charge is 0.465 e. The normalized spacial score (nSPS) is 29.6. The van der Waals surface area contributed by atoms with Gasteiger partial charge in [-0.25, -0.2) is 0 Å². The molecule has 1 aromatic carbocycles. The van der Waals surface area contributed by atoms with Gasteiger partial charge in [0.25, 0.3) is 0 Å². The monoisotopic (exact) mass is 259 g/mol. The van der Waals surface area contributed by atoms with E-state index in [9.17, 15) is 4.79 Å². The SMILES string of the molecule is CCOC(=O)C1C2CCC(C2)N1Cc1ccccc1. The van der Waals surface area contributed by atoms with Gasteiger partial charge in [0.1, 0.15) is 6.04 Å². The van der Waals surface area contributed by atoms with Crippen molar-refractivity contribution in [1.82, 2.24) is 4.90 Å². The summed E-state index contributed by atoms with van der Waals surface area (Å²) in [7, 11) is 0. The zero-order valence-corrected chi connectivity index (χ0v) is 11.4. The Labute approximate surface area is 114 Å². The minimum Gasteiger partial charge on any atom is -0.465 e. The van der Waals surface area contributed by atoms with E-state index in [0.29, 0.717) is 18.6 Å². The highest BCUT2D eigenvalue weighted by Crippen LogP contribution is 2.43. The number of fused-ring (bicyclic) bond motifs is 2. The summed E-state index contributed by atoms with van der Waals surface area (Å²) in [6, 6.07) is 11.0. The van der Waals surface area contributed by atoms with Gasteiger partial charge in [0, 0.05) is 12.6 Å². The van der Waals surface area contributed by atoms with Crippen molar-refractivity contribution in [2.45, 2.75) is 44.8 Å². The number of esters is 1. The Kier molecular flexibility index (Phi) is 3.56. The summed E-state index contributed by atoms with van der Waals surface area (Å²) < 4.78 is 5.27. The maximum Gasteiger partial charge on any atom is 0.323 e. The number of nitrogens with zero attached hydrogens (tertiary/aromatic N) is 1. The van der Waals surface area contributed by atoms with Gasteiger partial charge in [0.05, 0.1) is 6.61 Å². The predicted molar refractivity (Wildman–Crippen MR) is 73.5 cm³/mol. The number of rotatable bonds is 4. The quantitative estimate of drug-likeness (QED) is 0.778. The molecule has 19 heavy (non-hydrogen) atoms. The summed E-state index contributed by atoms with van der Waals surface area (Å²) in [6.45, 7) is 3.23. The minimum atomic E-state index is -0.0226. The Morgan fingerprint density at radius 1 is 1.32 bits per heavy atom. The number of carbonyl (C=O) groups is 1. The molecular weight excluding hydrogens is 238 g/mol. The standard InChI is InChI=1S/C16H21NO2/c1-2-19-16(18)15-13-8-9-14(10-13)17(15)11-12-6-4-3-5-7-12/h3-7,13-15H,2,8-11H2,1H3. The van der Waals surface area contributed by atoms with Crippen molar-refractivity contribution in [3.05, 3.63) is 35.9 Å². The lowest BCUT2D eigenvalue weighted by molar-refractivity contribution is -0.151. The predicted octanol–water partition coefficient (Wildman–Crippen LogP) is 2.60. The smallest absolute Gasteiger partial charge is 0.323 e. The molecular formula is C16H21NO2. The lowest BCUT2D eigenvalue weighted by Crippen LogP contribution is -2.46. The van der Waals surface area contributed by atoms with E-state index in [2.05, 4.69) is 29.2 Å². The van der Waals surface area contributed by atoms with Crippen LogP contribution in [0.5, 0.6) is 0 Å². The lowest BCUT2D eigenvalue weighted by atomic mass is 9.98. The van der Waals surface area contributed by atoms with Crippen LogP contribution in [0.2, 0.25) is 0 Å². The number of piperidine rings is 1. The van der Waals surface area contributed by atoms with E-state index >= 15 is 0 Å². The van der Waals surface area contributed by atoms with Crippen LogP contribution >= 0.6 is 0 Å². The summed E-state index contributed by atoms with van der Waals surface area (Å²) >= 11 is 0. The third kappa shape index (κ3) is 2.39. The Morgan fingerprint density at radius 3 is 2.84 bits per heavy atom. The molecule has 1 heterocycles. The Balaban J connectivity index is 1.76. The highest BCUT2D eigenvalue weighted by Gasteiger charge is 2.49. The molecule has 0 amide bonds. The first-order chi connectivity index (χ1) is 9.29. The van der Waals surface area contributed by atoms with Gasteiger partial charge in [-0.1, -0.05) is 30.3 Å². The molecule has 1 saturated carbocycles. The Bertz CT molecular complexity index is 445. The van der Waals surface area contributed by atoms with Crippen LogP contribution in [0.15, 0.2) is 30.3 Å². The van der Waals surface area contributed by atoms with E-state index in [1.807, 2.05) is 13.0 Å². The van der Waals surface area contributed by atoms with Gasteiger partial charge in [0.2, 0.25) is 0 Å². The van der Waals surface area contributed by atoms with Gasteiger partial charge in [-0.15, -0.1) is 0 Å². The molecule has 1 aliphatic heterocycles. The van der Waals surface area contributed by atoms with Gasteiger partial charge in [-0.2, -0.15) is 0 Å². The molecule has 0 N–H and O–H groups in total. The molecule has 3 nitrogen and oxygen atoms in total. The summed E-state index contributed by atoms with van der Waals surface area (Å²) in [4.78, 5) is 14.5. The molecule has 3 unspecified atom stereocenters. The average molecular weight is 259 g/mol. The van der Waals surface area contributed by atoms with E-state index < -0.39 is 0 Å². The first-order valence-electron chi connectivity index (χ1n) is 7.26. The second kappa shape index (κ2) is 5.33. The highest BCUT2D eigenvalue weighted by molar-refractivity contribution is 5.77. The second-order valence-electron chi connectivity index (χ2n) is 5.58. The molecule has 1 aliphatic carbocycles. The van der Waals surface area contributed by atoms with Crippen LogP contribution in [0.4, 0.5) is 0 Å². The molecule has 2 fully saturated rings. The van der Waals surface area contributed by atoms with Crippen molar-refractivity contribution in [3.63, 3.8) is 0 Å². The van der Waals surface area contributed by atoms with Crippen molar-refractivity contribution in [2.24, 2.45) is 5.92 Å². The van der Waals surface area contributed by atoms with E-state index in [4.69, 9.17) is 4.74 Å². The third-order valence-corrected chi connectivity index (χ3v) is 4.45. The summed E-state index contributed by atoms with van der Waals surface area (Å²) in [5, 5.41) is 0. The third-order valence-electron chi connectivity index (χ3n) is 4.45. The number of likely N-dealkylation sites (tertiary alicyclic amines) is 1. The van der Waals surface area contributed by atoms with Crippen LogP contribution in [0.25, 0.3) is 0 Å². The van der Waals surface area contributed by atoms with Crippen molar-refractivity contribution >= 4 is 5.97 Å². The molecule has 0 radical (unpaired) electrons. The summed E-state index contributed by atoms with van der Waals surface area (Å²) in [6.07, 6.45) is 3.57. The van der Waals surface area contributed by atoms with Crippen LogP contribution in [-0.4, -0.2) is 29.6 Å². The molecule has 0 spiro atoms. The molecule has 1 aromatic rings. The number of hydrogen-bond donors (Lipinski definition) is 0. The van der Waals surface area contributed by atoms with E-state index in [1.165, 1.54) is 18.4 Å². The molecule has 2 bridgehead atoms. The molecule has 3 rings (SSSR count). The number of ether oxygens (including phenoxy) is 1. The van der Waals surface area contributed by atoms with Gasteiger partial charge < -0.3 is 4.74 Å². The van der Waals surface area contributed by atoms with E-state index in [0.717, 1.165) is 13.0 Å². The zero-order chi connectivity index (χ0) is 13.2. The average Bonchev–Trinajstić information content (AvgIpc) is 3.01.